The van der Waals surface area contributed by atoms with E-state index in [9.17, 15) is 9.59 Å². The summed E-state index contributed by atoms with van der Waals surface area (Å²) in [4.78, 5) is 24.9. The van der Waals surface area contributed by atoms with Crippen LogP contribution in [0.1, 0.15) is 6.92 Å². The summed E-state index contributed by atoms with van der Waals surface area (Å²) in [7, 11) is 0. The topological polar surface area (TPSA) is 51.5 Å². The monoisotopic (exact) mass is 264 g/mol. The first-order valence-electron chi connectivity index (χ1n) is 6.31. The lowest BCUT2D eigenvalue weighted by Gasteiger charge is -2.19. The first-order chi connectivity index (χ1) is 9.17. The number of nitrogens with zero attached hydrogens (tertiary/aromatic N) is 2. The second-order valence-corrected chi connectivity index (χ2v) is 4.06. The van der Waals surface area contributed by atoms with Gasteiger partial charge < -0.3 is 9.30 Å². The molecule has 0 aromatic carbocycles. The van der Waals surface area contributed by atoms with Gasteiger partial charge >= 0.3 is 5.97 Å². The zero-order valence-electron chi connectivity index (χ0n) is 11.2. The van der Waals surface area contributed by atoms with Gasteiger partial charge in [0.05, 0.1) is 13.2 Å². The van der Waals surface area contributed by atoms with Crippen LogP contribution in [-0.2, 0) is 16.1 Å². The molecule has 1 heterocycles. The lowest BCUT2D eigenvalue weighted by molar-refractivity contribution is -0.144. The number of carbonyl (C=O) groups excluding carboxylic acids is 1. The molecule has 0 unspecified atom stereocenters. The molecule has 1 aromatic heterocycles. The van der Waals surface area contributed by atoms with Gasteiger partial charge in [-0.3, -0.25) is 14.5 Å². The van der Waals surface area contributed by atoms with Crippen LogP contribution in [0.5, 0.6) is 0 Å². The van der Waals surface area contributed by atoms with Crippen molar-refractivity contribution in [2.24, 2.45) is 0 Å². The molecule has 0 atom stereocenters. The molecule has 0 radical (unpaired) electrons. The largest absolute Gasteiger partial charge is 0.465 e. The highest BCUT2D eigenvalue weighted by Gasteiger charge is 2.10. The van der Waals surface area contributed by atoms with E-state index in [0.717, 1.165) is 0 Å². The Bertz CT molecular complexity index is 468. The smallest absolute Gasteiger partial charge is 0.320 e. The van der Waals surface area contributed by atoms with Gasteiger partial charge in [-0.05, 0) is 13.0 Å². The fourth-order valence-electron chi connectivity index (χ4n) is 1.70. The molecular weight excluding hydrogens is 244 g/mol. The Morgan fingerprint density at radius 1 is 1.53 bits per heavy atom. The Hall–Kier alpha value is -1.88. The summed E-state index contributed by atoms with van der Waals surface area (Å²) in [5, 5.41) is 0. The molecule has 5 heteroatoms. The van der Waals surface area contributed by atoms with Crippen LogP contribution in [0.15, 0.2) is 41.8 Å². The summed E-state index contributed by atoms with van der Waals surface area (Å²) in [6.07, 6.45) is 3.46. The van der Waals surface area contributed by atoms with Gasteiger partial charge in [0.25, 0.3) is 5.56 Å². The number of hydrogen-bond donors (Lipinski definition) is 0. The summed E-state index contributed by atoms with van der Waals surface area (Å²) in [5.74, 6) is -0.259. The van der Waals surface area contributed by atoms with Gasteiger partial charge in [0, 0.05) is 31.9 Å². The molecule has 0 aliphatic carbocycles. The first kappa shape index (κ1) is 15.2. The quantitative estimate of drug-likeness (QED) is 0.517. The van der Waals surface area contributed by atoms with Gasteiger partial charge in [-0.1, -0.05) is 12.1 Å². The third-order valence-electron chi connectivity index (χ3n) is 2.60. The average molecular weight is 264 g/mol. The van der Waals surface area contributed by atoms with Crippen molar-refractivity contribution < 1.29 is 9.53 Å². The molecule has 0 N–H and O–H groups in total. The summed E-state index contributed by atoms with van der Waals surface area (Å²) < 4.78 is 6.52. The summed E-state index contributed by atoms with van der Waals surface area (Å²) in [6.45, 7) is 7.74. The third kappa shape index (κ3) is 5.52. The van der Waals surface area contributed by atoms with E-state index in [1.807, 2.05) is 11.0 Å². The maximum atomic E-state index is 11.5. The number of rotatable bonds is 8. The number of carbonyl (C=O) groups is 1. The standard InChI is InChI=1S/C14H20N2O3/c1-3-8-15(12-14(18)19-4-2)10-11-16-9-6-5-7-13(16)17/h3,5-7,9H,1,4,8,10-12H2,2H3. The highest BCUT2D eigenvalue weighted by atomic mass is 16.5. The van der Waals surface area contributed by atoms with E-state index in [1.165, 1.54) is 6.07 Å². The second-order valence-electron chi connectivity index (χ2n) is 4.06. The Morgan fingerprint density at radius 3 is 2.95 bits per heavy atom. The molecule has 0 bridgehead atoms. The normalized spacial score (nSPS) is 10.4. The SMILES string of the molecule is C=CCN(CCn1ccccc1=O)CC(=O)OCC. The van der Waals surface area contributed by atoms with Crippen LogP contribution >= 0.6 is 0 Å². The molecule has 0 saturated carbocycles. The van der Waals surface area contributed by atoms with Crippen molar-refractivity contribution in [1.82, 2.24) is 9.47 Å². The van der Waals surface area contributed by atoms with Crippen LogP contribution in [0.25, 0.3) is 0 Å². The van der Waals surface area contributed by atoms with E-state index in [-0.39, 0.29) is 18.1 Å². The molecule has 0 amide bonds. The number of hydrogen-bond acceptors (Lipinski definition) is 4. The zero-order valence-corrected chi connectivity index (χ0v) is 11.2. The van der Waals surface area contributed by atoms with Gasteiger partial charge in [0.1, 0.15) is 0 Å². The highest BCUT2D eigenvalue weighted by Crippen LogP contribution is 1.93. The number of pyridine rings is 1. The predicted octanol–water partition coefficient (Wildman–Crippen LogP) is 0.899. The van der Waals surface area contributed by atoms with E-state index in [1.54, 1.807) is 29.8 Å². The predicted molar refractivity (Wildman–Crippen MR) is 74.0 cm³/mol. The van der Waals surface area contributed by atoms with Crippen molar-refractivity contribution in [2.45, 2.75) is 13.5 Å². The molecular formula is C14H20N2O3. The van der Waals surface area contributed by atoms with Crippen LogP contribution < -0.4 is 5.56 Å². The molecule has 19 heavy (non-hydrogen) atoms. The summed E-state index contributed by atoms with van der Waals surface area (Å²) in [6, 6.07) is 5.03. The van der Waals surface area contributed by atoms with Crippen LogP contribution in [0.2, 0.25) is 0 Å². The Kier molecular flexibility index (Phi) is 6.60. The van der Waals surface area contributed by atoms with Gasteiger partial charge in [-0.15, -0.1) is 6.58 Å². The minimum atomic E-state index is -0.259. The van der Waals surface area contributed by atoms with Crippen molar-refractivity contribution in [3.8, 4) is 0 Å². The minimum absolute atomic E-state index is 0.0443. The van der Waals surface area contributed by atoms with Gasteiger partial charge in [0.2, 0.25) is 0 Å². The molecule has 104 valence electrons. The van der Waals surface area contributed by atoms with E-state index in [4.69, 9.17) is 4.74 Å². The first-order valence-corrected chi connectivity index (χ1v) is 6.31. The lowest BCUT2D eigenvalue weighted by atomic mass is 10.4. The van der Waals surface area contributed by atoms with Crippen molar-refractivity contribution >= 4 is 5.97 Å². The highest BCUT2D eigenvalue weighted by molar-refractivity contribution is 5.71. The van der Waals surface area contributed by atoms with Crippen LogP contribution in [-0.4, -0.2) is 41.7 Å². The van der Waals surface area contributed by atoms with Crippen molar-refractivity contribution in [1.29, 1.82) is 0 Å². The Morgan fingerprint density at radius 2 is 2.32 bits per heavy atom. The maximum absolute atomic E-state index is 11.5. The maximum Gasteiger partial charge on any atom is 0.320 e. The number of aromatic nitrogens is 1. The molecule has 0 saturated heterocycles. The average Bonchev–Trinajstić information content (AvgIpc) is 2.38. The van der Waals surface area contributed by atoms with Crippen LogP contribution in [0.3, 0.4) is 0 Å². The molecule has 0 spiro atoms. The minimum Gasteiger partial charge on any atom is -0.465 e. The summed E-state index contributed by atoms with van der Waals surface area (Å²) in [5.41, 5.74) is -0.0443. The molecule has 1 aromatic rings. The van der Waals surface area contributed by atoms with E-state index < -0.39 is 0 Å². The van der Waals surface area contributed by atoms with Crippen molar-refractivity contribution in [3.05, 3.63) is 47.4 Å². The molecule has 5 nitrogen and oxygen atoms in total. The second kappa shape index (κ2) is 8.26. The van der Waals surface area contributed by atoms with Gasteiger partial charge in [-0.2, -0.15) is 0 Å². The lowest BCUT2D eigenvalue weighted by Crippen LogP contribution is -2.35. The number of esters is 1. The van der Waals surface area contributed by atoms with E-state index >= 15 is 0 Å². The zero-order chi connectivity index (χ0) is 14.1. The van der Waals surface area contributed by atoms with Gasteiger partial charge in [0.15, 0.2) is 0 Å². The van der Waals surface area contributed by atoms with Crippen molar-refractivity contribution in [2.75, 3.05) is 26.2 Å². The van der Waals surface area contributed by atoms with Crippen molar-refractivity contribution in [3.63, 3.8) is 0 Å². The van der Waals surface area contributed by atoms with Crippen LogP contribution in [0, 0.1) is 0 Å². The van der Waals surface area contributed by atoms with E-state index in [2.05, 4.69) is 6.58 Å². The van der Waals surface area contributed by atoms with Gasteiger partial charge in [-0.25, -0.2) is 0 Å². The fraction of sp³-hybridized carbons (Fsp3) is 0.429. The Labute approximate surface area is 113 Å². The molecule has 0 aliphatic heterocycles. The fourth-order valence-corrected chi connectivity index (χ4v) is 1.70. The molecule has 1 rings (SSSR count). The number of ether oxygens (including phenoxy) is 1. The Balaban J connectivity index is 2.54. The molecule has 0 aliphatic rings. The molecule has 0 fully saturated rings. The third-order valence-corrected chi connectivity index (χ3v) is 2.60. The van der Waals surface area contributed by atoms with E-state index in [0.29, 0.717) is 26.2 Å². The van der Waals surface area contributed by atoms with Crippen LogP contribution in [0.4, 0.5) is 0 Å². The summed E-state index contributed by atoms with van der Waals surface area (Å²) >= 11 is 0.